The maximum absolute atomic E-state index is 6.17. The van der Waals surface area contributed by atoms with Crippen LogP contribution in [0.1, 0.15) is 31.9 Å². The van der Waals surface area contributed by atoms with E-state index in [2.05, 4.69) is 5.43 Å². The first-order valence-corrected chi connectivity index (χ1v) is 7.31. The molecule has 0 bridgehead atoms. The van der Waals surface area contributed by atoms with Crippen LogP contribution in [0.15, 0.2) is 12.1 Å². The lowest BCUT2D eigenvalue weighted by Crippen LogP contribution is -2.42. The standard InChI is InChI=1S/C15H23ClN2O2/c1-15(2,3)20-9-13(18-17)8-11-7-12(16)6-10-4-5-19-14(10)11/h6-7,13,18H,4-5,8-9,17H2,1-3H3. The molecule has 2 rings (SSSR count). The van der Waals surface area contributed by atoms with Crippen LogP contribution < -0.4 is 16.0 Å². The second kappa shape index (κ2) is 6.31. The Morgan fingerprint density at radius 3 is 2.85 bits per heavy atom. The molecule has 20 heavy (non-hydrogen) atoms. The fourth-order valence-electron chi connectivity index (χ4n) is 2.28. The molecule has 0 aliphatic carbocycles. The van der Waals surface area contributed by atoms with E-state index in [9.17, 15) is 0 Å². The molecule has 112 valence electrons. The molecule has 1 aromatic rings. The average Bonchev–Trinajstić information content (AvgIpc) is 2.81. The number of nitrogens with two attached hydrogens (primary N) is 1. The number of hydrogen-bond acceptors (Lipinski definition) is 4. The largest absolute Gasteiger partial charge is 0.493 e. The first-order chi connectivity index (χ1) is 9.39. The van der Waals surface area contributed by atoms with Crippen LogP contribution in [0.2, 0.25) is 5.02 Å². The van der Waals surface area contributed by atoms with Crippen molar-refractivity contribution in [3.05, 3.63) is 28.3 Å². The Bertz CT molecular complexity index is 472. The molecule has 3 N–H and O–H groups in total. The van der Waals surface area contributed by atoms with Crippen LogP contribution in [-0.2, 0) is 17.6 Å². The van der Waals surface area contributed by atoms with Gasteiger partial charge in [0.1, 0.15) is 5.75 Å². The lowest BCUT2D eigenvalue weighted by molar-refractivity contribution is -0.0144. The fraction of sp³-hybridized carbons (Fsp3) is 0.600. The third-order valence-corrected chi connectivity index (χ3v) is 3.46. The second-order valence-electron chi connectivity index (χ2n) is 6.14. The monoisotopic (exact) mass is 298 g/mol. The van der Waals surface area contributed by atoms with E-state index >= 15 is 0 Å². The summed E-state index contributed by atoms with van der Waals surface area (Å²) in [4.78, 5) is 0. The van der Waals surface area contributed by atoms with Gasteiger partial charge in [-0.1, -0.05) is 11.6 Å². The highest BCUT2D eigenvalue weighted by Gasteiger charge is 2.21. The third kappa shape index (κ3) is 4.09. The maximum Gasteiger partial charge on any atom is 0.125 e. The first-order valence-electron chi connectivity index (χ1n) is 6.93. The van der Waals surface area contributed by atoms with Crippen molar-refractivity contribution in [1.29, 1.82) is 0 Å². The maximum atomic E-state index is 6.17. The lowest BCUT2D eigenvalue weighted by atomic mass is 10.0. The molecule has 1 aromatic carbocycles. The molecule has 1 aliphatic rings. The molecule has 0 spiro atoms. The van der Waals surface area contributed by atoms with Gasteiger partial charge >= 0.3 is 0 Å². The van der Waals surface area contributed by atoms with Gasteiger partial charge in [-0.25, -0.2) is 0 Å². The van der Waals surface area contributed by atoms with Crippen LogP contribution in [0, 0.1) is 0 Å². The molecule has 0 radical (unpaired) electrons. The van der Waals surface area contributed by atoms with Crippen molar-refractivity contribution in [2.45, 2.75) is 45.3 Å². The second-order valence-corrected chi connectivity index (χ2v) is 6.58. The smallest absolute Gasteiger partial charge is 0.125 e. The highest BCUT2D eigenvalue weighted by Crippen LogP contribution is 2.33. The number of rotatable bonds is 5. The van der Waals surface area contributed by atoms with Crippen molar-refractivity contribution in [2.75, 3.05) is 13.2 Å². The summed E-state index contributed by atoms with van der Waals surface area (Å²) in [5, 5.41) is 0.747. The summed E-state index contributed by atoms with van der Waals surface area (Å²) in [6.45, 7) is 7.35. The normalized spacial score (nSPS) is 15.8. The highest BCUT2D eigenvalue weighted by molar-refractivity contribution is 6.30. The molecule has 0 aromatic heterocycles. The molecule has 5 heteroatoms. The highest BCUT2D eigenvalue weighted by atomic mass is 35.5. The Morgan fingerprint density at radius 1 is 1.45 bits per heavy atom. The molecule has 1 aliphatic heterocycles. The van der Waals surface area contributed by atoms with E-state index in [1.807, 2.05) is 32.9 Å². The average molecular weight is 299 g/mol. The number of ether oxygens (including phenoxy) is 2. The van der Waals surface area contributed by atoms with Crippen molar-refractivity contribution in [3.8, 4) is 5.75 Å². The Hall–Kier alpha value is -0.810. The van der Waals surface area contributed by atoms with Gasteiger partial charge in [0.15, 0.2) is 0 Å². The van der Waals surface area contributed by atoms with E-state index in [-0.39, 0.29) is 11.6 Å². The van der Waals surface area contributed by atoms with Crippen LogP contribution in [0.25, 0.3) is 0 Å². The summed E-state index contributed by atoms with van der Waals surface area (Å²) in [6.07, 6.45) is 1.65. The molecule has 0 saturated carbocycles. The van der Waals surface area contributed by atoms with Gasteiger partial charge in [0, 0.05) is 17.5 Å². The topological polar surface area (TPSA) is 56.5 Å². The van der Waals surface area contributed by atoms with Crippen LogP contribution in [0.3, 0.4) is 0 Å². The quantitative estimate of drug-likeness (QED) is 0.648. The molecule has 1 unspecified atom stereocenters. The van der Waals surface area contributed by atoms with Crippen LogP contribution in [0.4, 0.5) is 0 Å². The minimum atomic E-state index is -0.179. The van der Waals surface area contributed by atoms with E-state index in [0.717, 1.165) is 35.8 Å². The van der Waals surface area contributed by atoms with Crippen LogP contribution >= 0.6 is 11.6 Å². The van der Waals surface area contributed by atoms with E-state index in [1.165, 1.54) is 5.56 Å². The van der Waals surface area contributed by atoms with Gasteiger partial charge in [-0.2, -0.15) is 0 Å². The zero-order valence-electron chi connectivity index (χ0n) is 12.3. The number of benzene rings is 1. The van der Waals surface area contributed by atoms with Gasteiger partial charge in [-0.15, -0.1) is 0 Å². The SMILES string of the molecule is CC(C)(C)OCC(Cc1cc(Cl)cc2c1OCC2)NN. The minimum absolute atomic E-state index is 0.0287. The number of hydrazine groups is 1. The molecule has 0 saturated heterocycles. The fourth-order valence-corrected chi connectivity index (χ4v) is 2.54. The van der Waals surface area contributed by atoms with Gasteiger partial charge in [-0.05, 0) is 50.5 Å². The van der Waals surface area contributed by atoms with Crippen molar-refractivity contribution in [2.24, 2.45) is 5.84 Å². The number of hydrogen-bond donors (Lipinski definition) is 2. The van der Waals surface area contributed by atoms with Gasteiger partial charge < -0.3 is 9.47 Å². The summed E-state index contributed by atoms with van der Waals surface area (Å²) >= 11 is 6.17. The Labute approximate surface area is 125 Å². The molecule has 0 amide bonds. The zero-order chi connectivity index (χ0) is 14.8. The van der Waals surface area contributed by atoms with Crippen molar-refractivity contribution < 1.29 is 9.47 Å². The van der Waals surface area contributed by atoms with E-state index in [4.69, 9.17) is 26.9 Å². The number of fused-ring (bicyclic) bond motifs is 1. The summed E-state index contributed by atoms with van der Waals surface area (Å²) in [5.74, 6) is 6.59. The van der Waals surface area contributed by atoms with Crippen molar-refractivity contribution in [1.82, 2.24) is 5.43 Å². The Balaban J connectivity index is 2.08. The molecule has 4 nitrogen and oxygen atoms in total. The predicted octanol–water partition coefficient (Wildman–Crippen LogP) is 2.46. The lowest BCUT2D eigenvalue weighted by Gasteiger charge is -2.24. The Kier molecular flexibility index (Phi) is 4.91. The number of halogens is 1. The molecule has 0 fully saturated rings. The summed E-state index contributed by atoms with van der Waals surface area (Å²) in [7, 11) is 0. The van der Waals surface area contributed by atoms with Crippen LogP contribution in [-0.4, -0.2) is 24.9 Å². The third-order valence-electron chi connectivity index (χ3n) is 3.24. The molecular weight excluding hydrogens is 276 g/mol. The molecular formula is C15H23ClN2O2. The van der Waals surface area contributed by atoms with E-state index in [0.29, 0.717) is 6.61 Å². The van der Waals surface area contributed by atoms with Gasteiger partial charge in [-0.3, -0.25) is 11.3 Å². The van der Waals surface area contributed by atoms with E-state index < -0.39 is 0 Å². The predicted molar refractivity (Wildman–Crippen MR) is 81.2 cm³/mol. The summed E-state index contributed by atoms with van der Waals surface area (Å²) in [5.41, 5.74) is 4.90. The van der Waals surface area contributed by atoms with Gasteiger partial charge in [0.05, 0.1) is 18.8 Å². The molecule has 1 heterocycles. The number of nitrogens with one attached hydrogen (secondary N) is 1. The van der Waals surface area contributed by atoms with E-state index in [1.54, 1.807) is 0 Å². The first kappa shape index (κ1) is 15.6. The Morgan fingerprint density at radius 2 is 2.20 bits per heavy atom. The van der Waals surface area contributed by atoms with Crippen molar-refractivity contribution >= 4 is 11.6 Å². The van der Waals surface area contributed by atoms with Gasteiger partial charge in [0.25, 0.3) is 0 Å². The van der Waals surface area contributed by atoms with Crippen LogP contribution in [0.5, 0.6) is 5.75 Å². The summed E-state index contributed by atoms with van der Waals surface area (Å²) in [6, 6.07) is 3.96. The molecule has 1 atom stereocenters. The summed E-state index contributed by atoms with van der Waals surface area (Å²) < 4.78 is 11.5. The zero-order valence-corrected chi connectivity index (χ0v) is 13.1. The van der Waals surface area contributed by atoms with Crippen molar-refractivity contribution in [3.63, 3.8) is 0 Å². The van der Waals surface area contributed by atoms with Gasteiger partial charge in [0.2, 0.25) is 0 Å². The minimum Gasteiger partial charge on any atom is -0.493 e.